The maximum Gasteiger partial charge on any atom is 0.157 e. The third-order valence-electron chi connectivity index (χ3n) is 2.05. The van der Waals surface area contributed by atoms with Gasteiger partial charge in [-0.15, -0.1) is 21.5 Å². The fourth-order valence-corrected chi connectivity index (χ4v) is 2.96. The highest BCUT2D eigenvalue weighted by Crippen LogP contribution is 2.29. The van der Waals surface area contributed by atoms with Crippen molar-refractivity contribution in [1.82, 2.24) is 15.5 Å². The summed E-state index contributed by atoms with van der Waals surface area (Å²) in [6, 6.07) is 4.41. The van der Waals surface area contributed by atoms with Gasteiger partial charge >= 0.3 is 0 Å². The van der Waals surface area contributed by atoms with E-state index in [1.54, 1.807) is 22.7 Å². The Bertz CT molecular complexity index is 408. The molecule has 15 heavy (non-hydrogen) atoms. The van der Waals surface area contributed by atoms with E-state index in [0.717, 1.165) is 16.6 Å². The maximum absolute atomic E-state index is 4.20. The standard InChI is InChI=1S/C10H13N3S2/c1-3-11-7(2)9-12-13-10(15-9)8-5-4-6-14-8/h4-7,11H,3H2,1-2H3. The zero-order valence-electron chi connectivity index (χ0n) is 8.73. The van der Waals surface area contributed by atoms with Crippen LogP contribution in [-0.2, 0) is 0 Å². The molecular weight excluding hydrogens is 226 g/mol. The Kier molecular flexibility index (Phi) is 3.45. The molecule has 1 atom stereocenters. The molecule has 0 radical (unpaired) electrons. The Labute approximate surface area is 97.2 Å². The van der Waals surface area contributed by atoms with Crippen molar-refractivity contribution < 1.29 is 0 Å². The van der Waals surface area contributed by atoms with E-state index in [9.17, 15) is 0 Å². The zero-order chi connectivity index (χ0) is 10.7. The van der Waals surface area contributed by atoms with Gasteiger partial charge in [0.25, 0.3) is 0 Å². The number of nitrogens with zero attached hydrogens (tertiary/aromatic N) is 2. The van der Waals surface area contributed by atoms with Crippen molar-refractivity contribution in [3.05, 3.63) is 22.5 Å². The number of thiophene rings is 1. The number of hydrogen-bond donors (Lipinski definition) is 1. The van der Waals surface area contributed by atoms with Crippen LogP contribution in [0.5, 0.6) is 0 Å². The van der Waals surface area contributed by atoms with Crippen molar-refractivity contribution in [1.29, 1.82) is 0 Å². The molecule has 2 heterocycles. The highest BCUT2D eigenvalue weighted by molar-refractivity contribution is 7.20. The predicted octanol–water partition coefficient (Wildman–Crippen LogP) is 2.94. The SMILES string of the molecule is CCNC(C)c1nnc(-c2cccs2)s1. The van der Waals surface area contributed by atoms with Crippen molar-refractivity contribution >= 4 is 22.7 Å². The first kappa shape index (κ1) is 10.7. The molecule has 0 aromatic carbocycles. The van der Waals surface area contributed by atoms with Gasteiger partial charge in [-0.3, -0.25) is 0 Å². The first-order valence-electron chi connectivity index (χ1n) is 4.92. The maximum atomic E-state index is 4.20. The van der Waals surface area contributed by atoms with Gasteiger partial charge in [-0.05, 0) is 24.9 Å². The average molecular weight is 239 g/mol. The van der Waals surface area contributed by atoms with Crippen LogP contribution < -0.4 is 5.32 Å². The fourth-order valence-electron chi connectivity index (χ4n) is 1.30. The van der Waals surface area contributed by atoms with Crippen molar-refractivity contribution in [2.24, 2.45) is 0 Å². The molecule has 0 saturated carbocycles. The predicted molar refractivity (Wildman–Crippen MR) is 65.3 cm³/mol. The Morgan fingerprint density at radius 2 is 2.33 bits per heavy atom. The minimum Gasteiger partial charge on any atom is -0.308 e. The van der Waals surface area contributed by atoms with E-state index < -0.39 is 0 Å². The third kappa shape index (κ3) is 2.42. The number of nitrogens with one attached hydrogen (secondary N) is 1. The molecule has 1 N–H and O–H groups in total. The van der Waals surface area contributed by atoms with Gasteiger partial charge in [0.05, 0.1) is 10.9 Å². The van der Waals surface area contributed by atoms with Crippen molar-refractivity contribution in [3.8, 4) is 9.88 Å². The molecule has 2 aromatic heterocycles. The molecule has 0 amide bonds. The summed E-state index contributed by atoms with van der Waals surface area (Å²) < 4.78 is 0. The van der Waals surface area contributed by atoms with Crippen LogP contribution in [0.3, 0.4) is 0 Å². The fraction of sp³-hybridized carbons (Fsp3) is 0.400. The van der Waals surface area contributed by atoms with Crippen molar-refractivity contribution in [2.75, 3.05) is 6.54 Å². The molecule has 3 nitrogen and oxygen atoms in total. The minimum atomic E-state index is 0.293. The van der Waals surface area contributed by atoms with E-state index in [1.807, 2.05) is 6.07 Å². The number of aromatic nitrogens is 2. The molecule has 2 rings (SSSR count). The molecule has 0 aliphatic heterocycles. The van der Waals surface area contributed by atoms with Crippen LogP contribution in [0, 0.1) is 0 Å². The van der Waals surface area contributed by atoms with Crippen molar-refractivity contribution in [3.63, 3.8) is 0 Å². The lowest BCUT2D eigenvalue weighted by molar-refractivity contribution is 0.590. The van der Waals surface area contributed by atoms with E-state index in [-0.39, 0.29) is 0 Å². The highest BCUT2D eigenvalue weighted by atomic mass is 32.1. The molecule has 0 saturated heterocycles. The van der Waals surface area contributed by atoms with Gasteiger partial charge in [-0.2, -0.15) is 0 Å². The van der Waals surface area contributed by atoms with Gasteiger partial charge in [-0.1, -0.05) is 24.3 Å². The Balaban J connectivity index is 2.17. The smallest absolute Gasteiger partial charge is 0.157 e. The number of rotatable bonds is 4. The van der Waals surface area contributed by atoms with Gasteiger partial charge < -0.3 is 5.32 Å². The first-order chi connectivity index (χ1) is 7.31. The second-order valence-corrected chi connectivity index (χ2v) is 5.16. The molecule has 0 aliphatic carbocycles. The summed E-state index contributed by atoms with van der Waals surface area (Å²) >= 11 is 3.37. The molecular formula is C10H13N3S2. The quantitative estimate of drug-likeness (QED) is 0.891. The first-order valence-corrected chi connectivity index (χ1v) is 6.61. The lowest BCUT2D eigenvalue weighted by Gasteiger charge is -2.06. The Morgan fingerprint density at radius 3 is 3.00 bits per heavy atom. The third-order valence-corrected chi connectivity index (χ3v) is 4.20. The van der Waals surface area contributed by atoms with Crippen LogP contribution in [0.1, 0.15) is 24.9 Å². The summed E-state index contributed by atoms with van der Waals surface area (Å²) in [5.41, 5.74) is 0. The molecule has 0 bridgehead atoms. The molecule has 0 spiro atoms. The van der Waals surface area contributed by atoms with Crippen LogP contribution in [0.4, 0.5) is 0 Å². The number of hydrogen-bond acceptors (Lipinski definition) is 5. The van der Waals surface area contributed by atoms with Gasteiger partial charge in [0.1, 0.15) is 5.01 Å². The van der Waals surface area contributed by atoms with Gasteiger partial charge in [-0.25, -0.2) is 0 Å². The van der Waals surface area contributed by atoms with Crippen LogP contribution in [-0.4, -0.2) is 16.7 Å². The van der Waals surface area contributed by atoms with E-state index in [0.29, 0.717) is 6.04 Å². The summed E-state index contributed by atoms with van der Waals surface area (Å²) in [5.74, 6) is 0. The molecule has 5 heteroatoms. The van der Waals surface area contributed by atoms with Gasteiger partial charge in [0.2, 0.25) is 0 Å². The van der Waals surface area contributed by atoms with E-state index >= 15 is 0 Å². The van der Waals surface area contributed by atoms with Crippen LogP contribution in [0.15, 0.2) is 17.5 Å². The second kappa shape index (κ2) is 4.83. The Hall–Kier alpha value is -0.780. The van der Waals surface area contributed by atoms with Gasteiger partial charge in [0.15, 0.2) is 5.01 Å². The topological polar surface area (TPSA) is 37.8 Å². The lowest BCUT2D eigenvalue weighted by atomic mass is 10.3. The second-order valence-electron chi connectivity index (χ2n) is 3.20. The molecule has 80 valence electrons. The molecule has 1 unspecified atom stereocenters. The van der Waals surface area contributed by atoms with Crippen LogP contribution >= 0.6 is 22.7 Å². The molecule has 2 aromatic rings. The van der Waals surface area contributed by atoms with Crippen molar-refractivity contribution in [2.45, 2.75) is 19.9 Å². The highest BCUT2D eigenvalue weighted by Gasteiger charge is 2.12. The van der Waals surface area contributed by atoms with E-state index in [4.69, 9.17) is 0 Å². The summed E-state index contributed by atoms with van der Waals surface area (Å²) in [4.78, 5) is 1.20. The summed E-state index contributed by atoms with van der Waals surface area (Å²) in [6.07, 6.45) is 0. The van der Waals surface area contributed by atoms with E-state index in [2.05, 4.69) is 40.8 Å². The lowest BCUT2D eigenvalue weighted by Crippen LogP contribution is -2.17. The monoisotopic (exact) mass is 239 g/mol. The minimum absolute atomic E-state index is 0.293. The molecule has 0 aliphatic rings. The largest absolute Gasteiger partial charge is 0.308 e. The Morgan fingerprint density at radius 1 is 1.47 bits per heavy atom. The van der Waals surface area contributed by atoms with Crippen LogP contribution in [0.25, 0.3) is 9.88 Å². The van der Waals surface area contributed by atoms with Gasteiger partial charge in [0, 0.05) is 0 Å². The van der Waals surface area contributed by atoms with Crippen LogP contribution in [0.2, 0.25) is 0 Å². The summed E-state index contributed by atoms with van der Waals surface area (Å²) in [7, 11) is 0. The summed E-state index contributed by atoms with van der Waals surface area (Å²) in [6.45, 7) is 5.16. The zero-order valence-corrected chi connectivity index (χ0v) is 10.4. The normalized spacial score (nSPS) is 12.9. The molecule has 0 fully saturated rings. The average Bonchev–Trinajstić information content (AvgIpc) is 2.89. The van der Waals surface area contributed by atoms with E-state index in [1.165, 1.54) is 4.88 Å². The summed E-state index contributed by atoms with van der Waals surface area (Å²) in [5, 5.41) is 15.9.